The molecule has 1 aliphatic heterocycles. The van der Waals surface area contributed by atoms with Gasteiger partial charge in [-0.1, -0.05) is 29.8 Å². The van der Waals surface area contributed by atoms with E-state index in [0.717, 1.165) is 46.9 Å². The van der Waals surface area contributed by atoms with Crippen LogP contribution in [-0.2, 0) is 11.2 Å². The number of para-hydroxylation sites is 1. The molecule has 1 aliphatic rings. The van der Waals surface area contributed by atoms with Crippen LogP contribution in [0.15, 0.2) is 60.7 Å². The lowest BCUT2D eigenvalue weighted by Crippen LogP contribution is -2.37. The van der Waals surface area contributed by atoms with Crippen LogP contribution in [0.25, 0.3) is 10.9 Å². The lowest BCUT2D eigenvalue weighted by atomic mass is 10.1. The third-order valence-corrected chi connectivity index (χ3v) is 6.28. The van der Waals surface area contributed by atoms with Crippen LogP contribution in [0.1, 0.15) is 11.1 Å². The van der Waals surface area contributed by atoms with E-state index >= 15 is 0 Å². The van der Waals surface area contributed by atoms with E-state index in [1.165, 1.54) is 5.56 Å². The summed E-state index contributed by atoms with van der Waals surface area (Å²) in [7, 11) is 3.27. The molecule has 8 nitrogen and oxygen atoms in total. The normalized spacial score (nSPS) is 13.4. The number of aromatic nitrogens is 2. The first-order valence-electron chi connectivity index (χ1n) is 12.4. The van der Waals surface area contributed by atoms with Crippen LogP contribution in [-0.4, -0.2) is 57.1 Å². The first-order valence-corrected chi connectivity index (χ1v) is 12.4. The highest BCUT2D eigenvalue weighted by atomic mass is 16.5. The molecule has 0 atom stereocenters. The second-order valence-electron chi connectivity index (χ2n) is 8.77. The average Bonchev–Trinajstić information content (AvgIpc) is 2.94. The van der Waals surface area contributed by atoms with E-state index in [1.54, 1.807) is 14.2 Å². The van der Waals surface area contributed by atoms with Crippen molar-refractivity contribution in [1.82, 2.24) is 9.97 Å². The Hall–Kier alpha value is -4.04. The Kier molecular flexibility index (Phi) is 7.56. The summed E-state index contributed by atoms with van der Waals surface area (Å²) in [6, 6.07) is 20.0. The minimum atomic E-state index is 0.336. The van der Waals surface area contributed by atoms with Crippen molar-refractivity contribution < 1.29 is 23.7 Å². The van der Waals surface area contributed by atoms with Gasteiger partial charge in [0.1, 0.15) is 17.3 Å². The first-order chi connectivity index (χ1) is 18.1. The molecule has 1 aromatic heterocycles. The standard InChI is InChI=1S/C29H31N3O5/c1-20-7-9-22(10-8-20)37-23-11-12-25-24(19-23)28(32-14-17-35-18-15-32)31-29(30-25)36-16-13-21-5-4-6-26(33-2)27(21)34-3/h4-12,19H,13-18H2,1-3H3. The number of benzene rings is 3. The van der Waals surface area contributed by atoms with Crippen molar-refractivity contribution >= 4 is 16.7 Å². The smallest absolute Gasteiger partial charge is 0.318 e. The van der Waals surface area contributed by atoms with Crippen LogP contribution < -0.4 is 23.8 Å². The number of aryl methyl sites for hydroxylation is 1. The second kappa shape index (κ2) is 11.3. The summed E-state index contributed by atoms with van der Waals surface area (Å²) in [6.07, 6.45) is 0.623. The summed E-state index contributed by atoms with van der Waals surface area (Å²) in [5.74, 6) is 3.74. The van der Waals surface area contributed by atoms with E-state index in [0.29, 0.717) is 43.8 Å². The molecule has 0 saturated carbocycles. The zero-order valence-electron chi connectivity index (χ0n) is 21.4. The summed E-state index contributed by atoms with van der Waals surface area (Å²) in [5.41, 5.74) is 2.97. The molecule has 192 valence electrons. The lowest BCUT2D eigenvalue weighted by Gasteiger charge is -2.29. The lowest BCUT2D eigenvalue weighted by molar-refractivity contribution is 0.122. The molecule has 2 heterocycles. The first kappa shape index (κ1) is 24.6. The maximum Gasteiger partial charge on any atom is 0.318 e. The van der Waals surface area contributed by atoms with Gasteiger partial charge >= 0.3 is 6.01 Å². The Morgan fingerprint density at radius 3 is 2.43 bits per heavy atom. The number of morpholine rings is 1. The van der Waals surface area contributed by atoms with Gasteiger partial charge in [-0.3, -0.25) is 0 Å². The van der Waals surface area contributed by atoms with E-state index in [-0.39, 0.29) is 0 Å². The molecule has 1 saturated heterocycles. The van der Waals surface area contributed by atoms with Crippen molar-refractivity contribution in [2.75, 3.05) is 52.0 Å². The van der Waals surface area contributed by atoms with Gasteiger partial charge in [0.2, 0.25) is 0 Å². The van der Waals surface area contributed by atoms with Gasteiger partial charge in [0.05, 0.1) is 39.6 Å². The zero-order valence-corrected chi connectivity index (χ0v) is 21.4. The summed E-state index contributed by atoms with van der Waals surface area (Å²) >= 11 is 0. The summed E-state index contributed by atoms with van der Waals surface area (Å²) in [5, 5.41) is 0.910. The molecule has 1 fully saturated rings. The third-order valence-electron chi connectivity index (χ3n) is 6.28. The third kappa shape index (κ3) is 5.70. The Morgan fingerprint density at radius 2 is 1.68 bits per heavy atom. The molecule has 0 unspecified atom stereocenters. The number of ether oxygens (including phenoxy) is 5. The van der Waals surface area contributed by atoms with Crippen molar-refractivity contribution in [3.05, 3.63) is 71.8 Å². The number of methoxy groups -OCH3 is 2. The van der Waals surface area contributed by atoms with Gasteiger partial charge in [-0.25, -0.2) is 0 Å². The molecule has 0 bridgehead atoms. The number of hydrogen-bond acceptors (Lipinski definition) is 8. The van der Waals surface area contributed by atoms with E-state index < -0.39 is 0 Å². The molecule has 37 heavy (non-hydrogen) atoms. The predicted molar refractivity (Wildman–Crippen MR) is 143 cm³/mol. The molecular weight excluding hydrogens is 470 g/mol. The van der Waals surface area contributed by atoms with Gasteiger partial charge in [0.15, 0.2) is 11.5 Å². The SMILES string of the molecule is COc1cccc(CCOc2nc(N3CCOCC3)c3cc(Oc4ccc(C)cc4)ccc3n2)c1OC. The van der Waals surface area contributed by atoms with Gasteiger partial charge in [0, 0.05) is 30.5 Å². The topological polar surface area (TPSA) is 75.2 Å². The van der Waals surface area contributed by atoms with Gasteiger partial charge in [-0.05, 0) is 43.3 Å². The summed E-state index contributed by atoms with van der Waals surface area (Å²) < 4.78 is 28.7. The van der Waals surface area contributed by atoms with Gasteiger partial charge in [0.25, 0.3) is 0 Å². The van der Waals surface area contributed by atoms with Gasteiger partial charge in [-0.2, -0.15) is 9.97 Å². The summed E-state index contributed by atoms with van der Waals surface area (Å²) in [6.45, 7) is 5.24. The quantitative estimate of drug-likeness (QED) is 0.310. The molecule has 0 spiro atoms. The van der Waals surface area contributed by atoms with Crippen LogP contribution in [0.4, 0.5) is 5.82 Å². The Labute approximate surface area is 216 Å². The number of fused-ring (bicyclic) bond motifs is 1. The molecule has 0 radical (unpaired) electrons. The fourth-order valence-corrected chi connectivity index (χ4v) is 4.36. The molecule has 0 aliphatic carbocycles. The van der Waals surface area contributed by atoms with Crippen LogP contribution in [0.2, 0.25) is 0 Å². The van der Waals surface area contributed by atoms with E-state index in [2.05, 4.69) is 11.8 Å². The Bertz CT molecular complexity index is 1350. The molecule has 0 amide bonds. The van der Waals surface area contributed by atoms with Crippen molar-refractivity contribution in [1.29, 1.82) is 0 Å². The van der Waals surface area contributed by atoms with Crippen LogP contribution in [0.3, 0.4) is 0 Å². The highest BCUT2D eigenvalue weighted by molar-refractivity contribution is 5.91. The van der Waals surface area contributed by atoms with Crippen molar-refractivity contribution in [2.45, 2.75) is 13.3 Å². The second-order valence-corrected chi connectivity index (χ2v) is 8.77. The number of nitrogens with zero attached hydrogens (tertiary/aromatic N) is 3. The van der Waals surface area contributed by atoms with E-state index in [4.69, 9.17) is 33.7 Å². The van der Waals surface area contributed by atoms with Crippen LogP contribution >= 0.6 is 0 Å². The maximum absolute atomic E-state index is 6.12. The monoisotopic (exact) mass is 501 g/mol. The molecule has 5 rings (SSSR count). The molecule has 4 aromatic rings. The number of hydrogen-bond donors (Lipinski definition) is 0. The molecular formula is C29H31N3O5. The predicted octanol–water partition coefficient (Wildman–Crippen LogP) is 5.21. The highest BCUT2D eigenvalue weighted by Crippen LogP contribution is 2.33. The summed E-state index contributed by atoms with van der Waals surface area (Å²) in [4.78, 5) is 11.7. The minimum Gasteiger partial charge on any atom is -0.493 e. The molecule has 8 heteroatoms. The Balaban J connectivity index is 1.40. The minimum absolute atomic E-state index is 0.336. The van der Waals surface area contributed by atoms with Gasteiger partial charge < -0.3 is 28.6 Å². The highest BCUT2D eigenvalue weighted by Gasteiger charge is 2.19. The van der Waals surface area contributed by atoms with Crippen molar-refractivity contribution in [3.63, 3.8) is 0 Å². The fraction of sp³-hybridized carbons (Fsp3) is 0.310. The fourth-order valence-electron chi connectivity index (χ4n) is 4.36. The Morgan fingerprint density at radius 1 is 0.892 bits per heavy atom. The van der Waals surface area contributed by atoms with Crippen molar-refractivity contribution in [2.24, 2.45) is 0 Å². The molecule has 0 N–H and O–H groups in total. The molecule has 3 aromatic carbocycles. The largest absolute Gasteiger partial charge is 0.493 e. The number of anilines is 1. The van der Waals surface area contributed by atoms with Crippen molar-refractivity contribution in [3.8, 4) is 29.0 Å². The van der Waals surface area contributed by atoms with Gasteiger partial charge in [-0.15, -0.1) is 0 Å². The maximum atomic E-state index is 6.12. The average molecular weight is 502 g/mol. The van der Waals surface area contributed by atoms with E-state index in [9.17, 15) is 0 Å². The number of rotatable bonds is 9. The zero-order chi connectivity index (χ0) is 25.6. The van der Waals surface area contributed by atoms with Crippen LogP contribution in [0, 0.1) is 6.92 Å². The van der Waals surface area contributed by atoms with Crippen LogP contribution in [0.5, 0.6) is 29.0 Å². The van der Waals surface area contributed by atoms with E-state index in [1.807, 2.05) is 60.7 Å².